The molecule has 0 aliphatic carbocycles. The van der Waals surface area contributed by atoms with Gasteiger partial charge in [0.1, 0.15) is 48.8 Å². The van der Waals surface area contributed by atoms with Crippen molar-refractivity contribution in [3.63, 3.8) is 0 Å². The highest BCUT2D eigenvalue weighted by Gasteiger charge is 2.50. The molecule has 2 aliphatic rings. The first-order chi connectivity index (χ1) is 25.6. The molecule has 2 saturated heterocycles. The fourth-order valence-corrected chi connectivity index (χ4v) is 6.48. The van der Waals surface area contributed by atoms with Gasteiger partial charge in [0, 0.05) is 6.42 Å². The predicted molar refractivity (Wildman–Crippen MR) is 198 cm³/mol. The first-order valence-electron chi connectivity index (χ1n) is 20.1. The maximum absolute atomic E-state index is 12.8. The van der Waals surface area contributed by atoms with Gasteiger partial charge in [-0.25, -0.2) is 0 Å². The maximum Gasteiger partial charge on any atom is 0.220 e. The van der Waals surface area contributed by atoms with Crippen molar-refractivity contribution in [2.45, 2.75) is 197 Å². The molecule has 0 aromatic carbocycles. The van der Waals surface area contributed by atoms with Gasteiger partial charge in [0.25, 0.3) is 0 Å². The van der Waals surface area contributed by atoms with Gasteiger partial charge in [0.15, 0.2) is 12.6 Å². The summed E-state index contributed by atoms with van der Waals surface area (Å²) < 4.78 is 22.4. The Morgan fingerprint density at radius 3 is 1.85 bits per heavy atom. The van der Waals surface area contributed by atoms with Gasteiger partial charge < -0.3 is 65.1 Å². The molecule has 0 aromatic rings. The summed E-state index contributed by atoms with van der Waals surface area (Å²) in [5.74, 6) is -0.270. The quantitative estimate of drug-likeness (QED) is 0.0413. The van der Waals surface area contributed by atoms with Crippen LogP contribution in [0.2, 0.25) is 0 Å². The summed E-state index contributed by atoms with van der Waals surface area (Å²) >= 11 is 0. The van der Waals surface area contributed by atoms with Crippen LogP contribution < -0.4 is 5.32 Å². The number of hydrogen-bond donors (Lipinski definition) is 9. The molecular weight excluding hydrogens is 690 g/mol. The highest BCUT2D eigenvalue weighted by molar-refractivity contribution is 5.76. The largest absolute Gasteiger partial charge is 0.394 e. The summed E-state index contributed by atoms with van der Waals surface area (Å²) in [6, 6.07) is -0.921. The highest BCUT2D eigenvalue weighted by atomic mass is 16.7. The van der Waals surface area contributed by atoms with Crippen LogP contribution in [0.3, 0.4) is 0 Å². The van der Waals surface area contributed by atoms with Crippen LogP contribution in [0.4, 0.5) is 0 Å². The second kappa shape index (κ2) is 28.0. The van der Waals surface area contributed by atoms with E-state index in [1.54, 1.807) is 6.08 Å². The van der Waals surface area contributed by atoms with Crippen molar-refractivity contribution in [1.82, 2.24) is 5.32 Å². The van der Waals surface area contributed by atoms with Crippen molar-refractivity contribution < 1.29 is 64.6 Å². The number of ether oxygens (including phenoxy) is 4. The molecule has 0 aromatic heterocycles. The van der Waals surface area contributed by atoms with Gasteiger partial charge in [-0.1, -0.05) is 109 Å². The second-order valence-corrected chi connectivity index (χ2v) is 14.4. The van der Waals surface area contributed by atoms with Crippen LogP contribution in [0.15, 0.2) is 24.3 Å². The Morgan fingerprint density at radius 2 is 1.21 bits per heavy atom. The third kappa shape index (κ3) is 17.4. The zero-order chi connectivity index (χ0) is 39.0. The summed E-state index contributed by atoms with van der Waals surface area (Å²) in [4.78, 5) is 12.8. The lowest BCUT2D eigenvalue weighted by Gasteiger charge is -2.46. The van der Waals surface area contributed by atoms with Crippen molar-refractivity contribution in [2.75, 3.05) is 19.8 Å². The predicted octanol–water partition coefficient (Wildman–Crippen LogP) is 2.26. The van der Waals surface area contributed by atoms with Gasteiger partial charge in [-0.2, -0.15) is 0 Å². The molecule has 12 atom stereocenters. The van der Waals surface area contributed by atoms with Crippen molar-refractivity contribution >= 4 is 5.91 Å². The van der Waals surface area contributed by atoms with E-state index in [4.69, 9.17) is 18.9 Å². The fraction of sp³-hybridized carbons (Fsp3) is 0.872. The second-order valence-electron chi connectivity index (χ2n) is 14.4. The number of hydrogen-bond acceptors (Lipinski definition) is 13. The minimum absolute atomic E-state index is 0.265. The molecule has 2 heterocycles. The molecule has 310 valence electrons. The number of aliphatic hydroxyl groups excluding tert-OH is 8. The van der Waals surface area contributed by atoms with Crippen LogP contribution in [0.25, 0.3) is 0 Å². The van der Waals surface area contributed by atoms with E-state index in [-0.39, 0.29) is 18.9 Å². The summed E-state index contributed by atoms with van der Waals surface area (Å²) in [5, 5.41) is 85.7. The zero-order valence-electron chi connectivity index (χ0n) is 32.0. The SMILES string of the molecule is CCCCCCCCCCC/C=C/CC/C=C/C(O)C(COC1OC(CO)C(OC2OC(CO)C(O)C(O)C2O)C(O)C1O)NC(=O)CCCCCC. The van der Waals surface area contributed by atoms with Gasteiger partial charge >= 0.3 is 0 Å². The topological polar surface area (TPSA) is 228 Å². The number of amides is 1. The number of rotatable bonds is 28. The molecular formula is C39H71NO13. The first-order valence-corrected chi connectivity index (χ1v) is 20.1. The standard InChI is InChI=1S/C39H71NO13/c1-3-5-7-9-10-11-12-13-14-15-16-17-18-19-20-22-28(43)27(40-31(44)23-21-8-6-4-2)26-50-38-36(49)34(47)37(30(25-42)52-38)53-39-35(48)33(46)32(45)29(24-41)51-39/h16-17,20,22,27-30,32-39,41-43,45-49H,3-15,18-19,21,23-26H2,1-2H3,(H,40,44)/b17-16+,22-20+. The van der Waals surface area contributed by atoms with E-state index in [1.165, 1.54) is 57.8 Å². The van der Waals surface area contributed by atoms with Crippen LogP contribution in [-0.4, -0.2) is 140 Å². The number of nitrogens with one attached hydrogen (secondary N) is 1. The molecule has 0 bridgehead atoms. The third-order valence-electron chi connectivity index (χ3n) is 9.89. The van der Waals surface area contributed by atoms with Gasteiger partial charge in [-0.05, 0) is 32.1 Å². The molecule has 12 unspecified atom stereocenters. The van der Waals surface area contributed by atoms with E-state index in [2.05, 4.69) is 31.3 Å². The molecule has 1 amide bonds. The van der Waals surface area contributed by atoms with Crippen LogP contribution in [0.1, 0.15) is 123 Å². The van der Waals surface area contributed by atoms with Crippen LogP contribution in [0, 0.1) is 0 Å². The summed E-state index contributed by atoms with van der Waals surface area (Å²) in [6.45, 7) is 2.58. The Bertz CT molecular complexity index is 998. The number of aliphatic hydroxyl groups is 8. The molecule has 9 N–H and O–H groups in total. The molecule has 0 spiro atoms. The smallest absolute Gasteiger partial charge is 0.220 e. The van der Waals surface area contributed by atoms with Crippen molar-refractivity contribution in [3.05, 3.63) is 24.3 Å². The number of carbonyl (C=O) groups is 1. The molecule has 14 nitrogen and oxygen atoms in total. The minimum atomic E-state index is -1.79. The number of allylic oxidation sites excluding steroid dienone is 3. The van der Waals surface area contributed by atoms with E-state index in [9.17, 15) is 45.6 Å². The summed E-state index contributed by atoms with van der Waals surface area (Å²) in [7, 11) is 0. The molecule has 2 rings (SSSR count). The molecule has 2 aliphatic heterocycles. The van der Waals surface area contributed by atoms with Crippen LogP contribution in [-0.2, 0) is 23.7 Å². The van der Waals surface area contributed by atoms with E-state index in [0.717, 1.165) is 32.1 Å². The Balaban J connectivity index is 1.91. The number of unbranched alkanes of at least 4 members (excludes halogenated alkanes) is 13. The van der Waals surface area contributed by atoms with Crippen LogP contribution in [0.5, 0.6) is 0 Å². The normalized spacial score (nSPS) is 30.6. The third-order valence-corrected chi connectivity index (χ3v) is 9.89. The molecule has 0 saturated carbocycles. The van der Waals surface area contributed by atoms with Gasteiger partial charge in [-0.3, -0.25) is 4.79 Å². The zero-order valence-corrected chi connectivity index (χ0v) is 32.0. The molecule has 14 heteroatoms. The van der Waals surface area contributed by atoms with Gasteiger partial charge in [0.05, 0.1) is 32.0 Å². The highest BCUT2D eigenvalue weighted by Crippen LogP contribution is 2.29. The average Bonchev–Trinajstić information content (AvgIpc) is 3.15. The van der Waals surface area contributed by atoms with E-state index < -0.39 is 86.8 Å². The monoisotopic (exact) mass is 761 g/mol. The van der Waals surface area contributed by atoms with E-state index in [0.29, 0.717) is 12.8 Å². The van der Waals surface area contributed by atoms with Crippen molar-refractivity contribution in [3.8, 4) is 0 Å². The van der Waals surface area contributed by atoms with Crippen molar-refractivity contribution in [1.29, 1.82) is 0 Å². The summed E-state index contributed by atoms with van der Waals surface area (Å²) in [5.41, 5.74) is 0. The Kier molecular flexibility index (Phi) is 25.1. The Morgan fingerprint density at radius 1 is 0.660 bits per heavy atom. The maximum atomic E-state index is 12.8. The van der Waals surface area contributed by atoms with Crippen molar-refractivity contribution in [2.24, 2.45) is 0 Å². The fourth-order valence-electron chi connectivity index (χ4n) is 6.48. The molecule has 2 fully saturated rings. The minimum Gasteiger partial charge on any atom is -0.394 e. The average molecular weight is 762 g/mol. The van der Waals surface area contributed by atoms with E-state index >= 15 is 0 Å². The lowest BCUT2D eigenvalue weighted by molar-refractivity contribution is -0.359. The lowest BCUT2D eigenvalue weighted by atomic mass is 9.97. The molecule has 53 heavy (non-hydrogen) atoms. The summed E-state index contributed by atoms with van der Waals surface area (Å²) in [6.07, 6.45) is 8.84. The molecule has 0 radical (unpaired) electrons. The first kappa shape index (κ1) is 47.6. The lowest BCUT2D eigenvalue weighted by Crippen LogP contribution is -2.65. The van der Waals surface area contributed by atoms with Gasteiger partial charge in [-0.15, -0.1) is 0 Å². The van der Waals surface area contributed by atoms with Crippen LogP contribution >= 0.6 is 0 Å². The van der Waals surface area contributed by atoms with E-state index in [1.807, 2.05) is 6.08 Å². The number of carbonyl (C=O) groups excluding carboxylic acids is 1. The Hall–Kier alpha value is -1.53. The Labute approximate surface area is 316 Å². The van der Waals surface area contributed by atoms with Gasteiger partial charge in [0.2, 0.25) is 5.91 Å².